The lowest BCUT2D eigenvalue weighted by atomic mass is 9.84. The molecular formula is C15H21FN2O. The SMILES string of the molecule is CCC1CCCC(NC(=O)c2ccc(N)c(F)c2)C1. The molecule has 0 spiro atoms. The average molecular weight is 264 g/mol. The average Bonchev–Trinajstić information content (AvgIpc) is 2.42. The van der Waals surface area contributed by atoms with Gasteiger partial charge in [0.05, 0.1) is 5.69 Å². The standard InChI is InChI=1S/C15H21FN2O/c1-2-10-4-3-5-12(8-10)18-15(19)11-6-7-14(17)13(16)9-11/h6-7,9-10,12H,2-5,8,17H2,1H3,(H,18,19). The number of amides is 1. The highest BCUT2D eigenvalue weighted by molar-refractivity contribution is 5.94. The number of benzene rings is 1. The molecule has 0 aromatic heterocycles. The highest BCUT2D eigenvalue weighted by Crippen LogP contribution is 2.26. The summed E-state index contributed by atoms with van der Waals surface area (Å²) in [5, 5.41) is 3.00. The van der Waals surface area contributed by atoms with E-state index in [4.69, 9.17) is 5.73 Å². The van der Waals surface area contributed by atoms with Crippen molar-refractivity contribution in [1.29, 1.82) is 0 Å². The maximum atomic E-state index is 13.3. The summed E-state index contributed by atoms with van der Waals surface area (Å²) in [7, 11) is 0. The lowest BCUT2D eigenvalue weighted by Crippen LogP contribution is -2.38. The number of carbonyl (C=O) groups is 1. The Kier molecular flexibility index (Phi) is 4.40. The van der Waals surface area contributed by atoms with E-state index < -0.39 is 5.82 Å². The van der Waals surface area contributed by atoms with Crippen LogP contribution >= 0.6 is 0 Å². The van der Waals surface area contributed by atoms with Crippen LogP contribution in [0.25, 0.3) is 0 Å². The van der Waals surface area contributed by atoms with Gasteiger partial charge < -0.3 is 11.1 Å². The van der Waals surface area contributed by atoms with Crippen LogP contribution in [0.4, 0.5) is 10.1 Å². The van der Waals surface area contributed by atoms with E-state index >= 15 is 0 Å². The second-order valence-electron chi connectivity index (χ2n) is 5.35. The number of carbonyl (C=O) groups excluding carboxylic acids is 1. The van der Waals surface area contributed by atoms with Crippen molar-refractivity contribution in [2.75, 3.05) is 5.73 Å². The minimum Gasteiger partial charge on any atom is -0.396 e. The second kappa shape index (κ2) is 6.04. The molecular weight excluding hydrogens is 243 g/mol. The molecule has 1 amide bonds. The fraction of sp³-hybridized carbons (Fsp3) is 0.533. The van der Waals surface area contributed by atoms with Gasteiger partial charge in [0.1, 0.15) is 5.82 Å². The highest BCUT2D eigenvalue weighted by Gasteiger charge is 2.22. The predicted octanol–water partition coefficient (Wildman–Crippen LogP) is 3.11. The van der Waals surface area contributed by atoms with E-state index in [0.717, 1.165) is 25.7 Å². The fourth-order valence-corrected chi connectivity index (χ4v) is 2.73. The Hall–Kier alpha value is -1.58. The van der Waals surface area contributed by atoms with Crippen molar-refractivity contribution in [2.24, 2.45) is 5.92 Å². The monoisotopic (exact) mass is 264 g/mol. The van der Waals surface area contributed by atoms with Gasteiger partial charge in [-0.3, -0.25) is 4.79 Å². The Morgan fingerprint density at radius 3 is 2.95 bits per heavy atom. The van der Waals surface area contributed by atoms with Crippen LogP contribution in [0, 0.1) is 11.7 Å². The molecule has 1 aliphatic carbocycles. The zero-order valence-corrected chi connectivity index (χ0v) is 11.3. The molecule has 0 heterocycles. The summed E-state index contributed by atoms with van der Waals surface area (Å²) in [4.78, 5) is 12.1. The first-order valence-electron chi connectivity index (χ1n) is 6.96. The molecule has 2 atom stereocenters. The van der Waals surface area contributed by atoms with Crippen LogP contribution in [0.2, 0.25) is 0 Å². The number of nitrogens with one attached hydrogen (secondary N) is 1. The van der Waals surface area contributed by atoms with Crippen molar-refractivity contribution < 1.29 is 9.18 Å². The number of rotatable bonds is 3. The largest absolute Gasteiger partial charge is 0.396 e. The number of hydrogen-bond donors (Lipinski definition) is 2. The number of nitrogens with two attached hydrogens (primary N) is 1. The van der Waals surface area contributed by atoms with Crippen molar-refractivity contribution in [2.45, 2.75) is 45.1 Å². The van der Waals surface area contributed by atoms with E-state index in [1.807, 2.05) is 0 Å². The topological polar surface area (TPSA) is 55.1 Å². The Bertz CT molecular complexity index is 461. The van der Waals surface area contributed by atoms with Crippen molar-refractivity contribution in [3.8, 4) is 0 Å². The Labute approximate surface area is 113 Å². The zero-order valence-electron chi connectivity index (χ0n) is 11.3. The molecule has 1 aliphatic rings. The third kappa shape index (κ3) is 3.46. The van der Waals surface area contributed by atoms with E-state index in [-0.39, 0.29) is 17.6 Å². The smallest absolute Gasteiger partial charge is 0.251 e. The Balaban J connectivity index is 1.98. The molecule has 19 heavy (non-hydrogen) atoms. The number of hydrogen-bond acceptors (Lipinski definition) is 2. The normalized spacial score (nSPS) is 23.1. The minimum absolute atomic E-state index is 0.0697. The number of anilines is 1. The lowest BCUT2D eigenvalue weighted by molar-refractivity contribution is 0.0918. The molecule has 4 heteroatoms. The summed E-state index contributed by atoms with van der Waals surface area (Å²) in [6.45, 7) is 2.18. The molecule has 1 saturated carbocycles. The molecule has 0 radical (unpaired) electrons. The van der Waals surface area contributed by atoms with E-state index in [0.29, 0.717) is 11.5 Å². The molecule has 2 rings (SSSR count). The second-order valence-corrected chi connectivity index (χ2v) is 5.35. The third-order valence-electron chi connectivity index (χ3n) is 3.96. The first-order valence-corrected chi connectivity index (χ1v) is 6.96. The minimum atomic E-state index is -0.539. The van der Waals surface area contributed by atoms with Crippen molar-refractivity contribution >= 4 is 11.6 Å². The summed E-state index contributed by atoms with van der Waals surface area (Å²) in [6, 6.07) is 4.41. The maximum absolute atomic E-state index is 13.3. The molecule has 0 saturated heterocycles. The molecule has 3 N–H and O–H groups in total. The highest BCUT2D eigenvalue weighted by atomic mass is 19.1. The fourth-order valence-electron chi connectivity index (χ4n) is 2.73. The summed E-state index contributed by atoms with van der Waals surface area (Å²) >= 11 is 0. The molecule has 1 aromatic rings. The van der Waals surface area contributed by atoms with Gasteiger partial charge in [-0.2, -0.15) is 0 Å². The van der Waals surface area contributed by atoms with E-state index in [1.54, 1.807) is 6.07 Å². The van der Waals surface area contributed by atoms with E-state index in [9.17, 15) is 9.18 Å². The van der Waals surface area contributed by atoms with Gasteiger partial charge in [-0.25, -0.2) is 4.39 Å². The molecule has 0 bridgehead atoms. The van der Waals surface area contributed by atoms with Crippen LogP contribution in [-0.4, -0.2) is 11.9 Å². The van der Waals surface area contributed by atoms with Crippen LogP contribution in [0.15, 0.2) is 18.2 Å². The molecule has 3 nitrogen and oxygen atoms in total. The summed E-state index contributed by atoms with van der Waals surface area (Å²) in [5.41, 5.74) is 5.81. The van der Waals surface area contributed by atoms with Crippen molar-refractivity contribution in [3.63, 3.8) is 0 Å². The summed E-state index contributed by atoms with van der Waals surface area (Å²) in [6.07, 6.45) is 5.60. The van der Waals surface area contributed by atoms with Gasteiger partial charge >= 0.3 is 0 Å². The van der Waals surface area contributed by atoms with Gasteiger partial charge in [0.2, 0.25) is 0 Å². The Morgan fingerprint density at radius 1 is 1.47 bits per heavy atom. The van der Waals surface area contributed by atoms with Crippen molar-refractivity contribution in [3.05, 3.63) is 29.6 Å². The number of halogens is 1. The van der Waals surface area contributed by atoms with Crippen LogP contribution < -0.4 is 11.1 Å². The van der Waals surface area contributed by atoms with Crippen LogP contribution in [0.1, 0.15) is 49.4 Å². The van der Waals surface area contributed by atoms with Crippen LogP contribution in [0.5, 0.6) is 0 Å². The summed E-state index contributed by atoms with van der Waals surface area (Å²) < 4.78 is 13.3. The third-order valence-corrected chi connectivity index (χ3v) is 3.96. The first kappa shape index (κ1) is 13.8. The van der Waals surface area contributed by atoms with E-state index in [2.05, 4.69) is 12.2 Å². The summed E-state index contributed by atoms with van der Waals surface area (Å²) in [5.74, 6) is -0.0504. The maximum Gasteiger partial charge on any atom is 0.251 e. The van der Waals surface area contributed by atoms with Gasteiger partial charge in [0, 0.05) is 11.6 Å². The van der Waals surface area contributed by atoms with Crippen LogP contribution in [-0.2, 0) is 0 Å². The lowest BCUT2D eigenvalue weighted by Gasteiger charge is -2.29. The van der Waals surface area contributed by atoms with Crippen molar-refractivity contribution in [1.82, 2.24) is 5.32 Å². The predicted molar refractivity (Wildman–Crippen MR) is 74.3 cm³/mol. The van der Waals surface area contributed by atoms with Gasteiger partial charge in [-0.05, 0) is 37.0 Å². The number of nitrogen functional groups attached to an aromatic ring is 1. The molecule has 1 aromatic carbocycles. The first-order chi connectivity index (χ1) is 9.10. The van der Waals surface area contributed by atoms with Gasteiger partial charge in [0.15, 0.2) is 0 Å². The molecule has 104 valence electrons. The molecule has 2 unspecified atom stereocenters. The Morgan fingerprint density at radius 2 is 2.26 bits per heavy atom. The van der Waals surface area contributed by atoms with Crippen LogP contribution in [0.3, 0.4) is 0 Å². The molecule has 1 fully saturated rings. The van der Waals surface area contributed by atoms with Gasteiger partial charge in [-0.1, -0.05) is 26.2 Å². The van der Waals surface area contributed by atoms with Gasteiger partial charge in [0.25, 0.3) is 5.91 Å². The van der Waals surface area contributed by atoms with E-state index in [1.165, 1.54) is 18.6 Å². The van der Waals surface area contributed by atoms with Gasteiger partial charge in [-0.15, -0.1) is 0 Å². The molecule has 0 aliphatic heterocycles. The zero-order chi connectivity index (χ0) is 13.8. The quantitative estimate of drug-likeness (QED) is 0.824.